The normalized spacial score (nSPS) is 18.7. The van der Waals surface area contributed by atoms with Crippen molar-refractivity contribution in [3.63, 3.8) is 0 Å². The van der Waals surface area contributed by atoms with Gasteiger partial charge in [0, 0.05) is 31.1 Å². The molecular weight excluding hydrogens is 562 g/mol. The number of hydrogen-bond donors (Lipinski definition) is 1. The van der Waals surface area contributed by atoms with E-state index in [2.05, 4.69) is 9.97 Å². The summed E-state index contributed by atoms with van der Waals surface area (Å²) in [7, 11) is 0. The van der Waals surface area contributed by atoms with Crippen LogP contribution >= 0.6 is 0 Å². The summed E-state index contributed by atoms with van der Waals surface area (Å²) in [6.45, 7) is 3.96. The average molecular weight is 594 g/mol. The summed E-state index contributed by atoms with van der Waals surface area (Å²) in [6.07, 6.45) is 2.17. The molecule has 2 heterocycles. The molecule has 224 valence electrons. The number of allylic oxidation sites excluding steroid dienone is 4. The number of carboxylic acids is 1. The number of rotatable bonds is 9. The Morgan fingerprint density at radius 1 is 1.07 bits per heavy atom. The number of ether oxygens (including phenoxy) is 1. The first-order chi connectivity index (χ1) is 20.3. The molecule has 43 heavy (non-hydrogen) atoms. The second-order valence-electron chi connectivity index (χ2n) is 11.6. The van der Waals surface area contributed by atoms with Crippen LogP contribution in [0.3, 0.4) is 0 Å². The Hall–Kier alpha value is -4.47. The Kier molecular flexibility index (Phi) is 7.89. The van der Waals surface area contributed by atoms with Crippen LogP contribution in [0.25, 0.3) is 11.0 Å². The van der Waals surface area contributed by atoms with Crippen molar-refractivity contribution < 1.29 is 32.2 Å². The van der Waals surface area contributed by atoms with E-state index in [0.717, 1.165) is 5.56 Å². The Bertz CT molecular complexity index is 1690. The summed E-state index contributed by atoms with van der Waals surface area (Å²) in [5, 5.41) is 9.77. The van der Waals surface area contributed by atoms with Crippen molar-refractivity contribution in [2.45, 2.75) is 52.4 Å². The van der Waals surface area contributed by atoms with Crippen molar-refractivity contribution in [2.75, 3.05) is 0 Å². The summed E-state index contributed by atoms with van der Waals surface area (Å²) in [6, 6.07) is 15.3. The lowest BCUT2D eigenvalue weighted by Gasteiger charge is -2.34. The van der Waals surface area contributed by atoms with Crippen LogP contribution in [-0.4, -0.2) is 31.8 Å². The van der Waals surface area contributed by atoms with Crippen molar-refractivity contribution in [1.82, 2.24) is 14.5 Å². The van der Waals surface area contributed by atoms with Gasteiger partial charge < -0.3 is 14.4 Å². The number of carbonyl (C=O) groups is 1. The van der Waals surface area contributed by atoms with Gasteiger partial charge in [0.1, 0.15) is 35.1 Å². The first kappa shape index (κ1) is 30.0. The van der Waals surface area contributed by atoms with E-state index in [1.54, 1.807) is 37.3 Å². The minimum atomic E-state index is -4.67. The first-order valence-corrected chi connectivity index (χ1v) is 13.7. The van der Waals surface area contributed by atoms with Gasteiger partial charge in [0.15, 0.2) is 0 Å². The van der Waals surface area contributed by atoms with Gasteiger partial charge in [-0.25, -0.2) is 9.37 Å². The van der Waals surface area contributed by atoms with Crippen LogP contribution in [-0.2, 0) is 24.4 Å². The molecule has 0 radical (unpaired) electrons. The zero-order valence-electron chi connectivity index (χ0n) is 23.9. The third-order valence-corrected chi connectivity index (χ3v) is 7.74. The minimum Gasteiger partial charge on any atom is -0.487 e. The fourth-order valence-corrected chi connectivity index (χ4v) is 5.06. The maximum absolute atomic E-state index is 14.9. The lowest BCUT2D eigenvalue weighted by Crippen LogP contribution is -2.40. The van der Waals surface area contributed by atoms with E-state index in [1.807, 2.05) is 30.3 Å². The number of aromatic nitrogens is 3. The zero-order valence-corrected chi connectivity index (χ0v) is 23.9. The predicted octanol–water partition coefficient (Wildman–Crippen LogP) is 7.57. The standard InChI is InChI=1S/C33H31F4N3O3/c1-21-15-25(34)27(38-18-21)19-43-24-9-10-26-28(16-24)40(29(39-26)17-31(2,3)30(41)42)20-32(33(35,36)37)13-11-23(12-14-32)22-7-5-4-6-8-22/h4-16,18,23H,17,19-20H2,1-3H3,(H,41,42). The molecule has 0 bridgehead atoms. The highest BCUT2D eigenvalue weighted by molar-refractivity contribution is 5.79. The zero-order chi connectivity index (χ0) is 31.0. The number of halogens is 4. The van der Waals surface area contributed by atoms with Crippen LogP contribution in [0.15, 0.2) is 85.1 Å². The highest BCUT2D eigenvalue weighted by Gasteiger charge is 2.53. The molecule has 1 aliphatic carbocycles. The van der Waals surface area contributed by atoms with Gasteiger partial charge in [0.25, 0.3) is 0 Å². The maximum atomic E-state index is 14.9. The van der Waals surface area contributed by atoms with Crippen molar-refractivity contribution in [3.05, 3.63) is 114 Å². The van der Waals surface area contributed by atoms with Gasteiger partial charge in [-0.2, -0.15) is 13.2 Å². The Balaban J connectivity index is 1.55. The minimum absolute atomic E-state index is 0.0876. The molecule has 0 fully saturated rings. The van der Waals surface area contributed by atoms with Gasteiger partial charge in [-0.3, -0.25) is 9.78 Å². The van der Waals surface area contributed by atoms with E-state index < -0.39 is 35.3 Å². The molecule has 0 saturated carbocycles. The molecular formula is C33H31F4N3O3. The molecule has 2 aromatic heterocycles. The molecule has 0 saturated heterocycles. The molecule has 6 nitrogen and oxygen atoms in total. The second kappa shape index (κ2) is 11.3. The van der Waals surface area contributed by atoms with E-state index in [-0.39, 0.29) is 36.2 Å². The maximum Gasteiger partial charge on any atom is 0.402 e. The molecule has 0 aliphatic heterocycles. The SMILES string of the molecule is Cc1cnc(COc2ccc3nc(CC(C)(C)C(=O)O)n(CC4(C(F)(F)F)C=CC(c5ccccc5)C=C4)c3c2)c(F)c1. The third-order valence-electron chi connectivity index (χ3n) is 7.74. The van der Waals surface area contributed by atoms with E-state index in [1.165, 1.54) is 42.8 Å². The molecule has 5 rings (SSSR count). The average Bonchev–Trinajstić information content (AvgIpc) is 3.27. The molecule has 1 N–H and O–H groups in total. The highest BCUT2D eigenvalue weighted by Crippen LogP contribution is 2.47. The van der Waals surface area contributed by atoms with Gasteiger partial charge in [-0.05, 0) is 50.1 Å². The molecule has 0 unspecified atom stereocenters. The predicted molar refractivity (Wildman–Crippen MR) is 154 cm³/mol. The Labute approximate surface area is 246 Å². The van der Waals surface area contributed by atoms with E-state index in [0.29, 0.717) is 16.6 Å². The number of fused-ring (bicyclic) bond motifs is 1. The lowest BCUT2D eigenvalue weighted by atomic mass is 9.79. The van der Waals surface area contributed by atoms with Crippen LogP contribution in [0.1, 0.15) is 42.4 Å². The van der Waals surface area contributed by atoms with Crippen LogP contribution in [0.5, 0.6) is 5.75 Å². The summed E-state index contributed by atoms with van der Waals surface area (Å²) in [4.78, 5) is 20.6. The Morgan fingerprint density at radius 3 is 2.40 bits per heavy atom. The molecule has 1 aliphatic rings. The van der Waals surface area contributed by atoms with Crippen LogP contribution < -0.4 is 4.74 Å². The molecule has 2 aromatic carbocycles. The third kappa shape index (κ3) is 6.18. The van der Waals surface area contributed by atoms with Gasteiger partial charge in [-0.15, -0.1) is 0 Å². The van der Waals surface area contributed by atoms with E-state index in [9.17, 15) is 27.5 Å². The molecule has 0 amide bonds. The van der Waals surface area contributed by atoms with Crippen LogP contribution in [0.2, 0.25) is 0 Å². The number of hydrogen-bond acceptors (Lipinski definition) is 4. The number of carboxylic acid groups (broad SMARTS) is 1. The fraction of sp³-hybridized carbons (Fsp3) is 0.303. The highest BCUT2D eigenvalue weighted by atomic mass is 19.4. The monoisotopic (exact) mass is 593 g/mol. The number of imidazole rings is 1. The summed E-state index contributed by atoms with van der Waals surface area (Å²) < 4.78 is 66.1. The van der Waals surface area contributed by atoms with Gasteiger partial charge in [0.05, 0.1) is 16.4 Å². The summed E-state index contributed by atoms with van der Waals surface area (Å²) in [5.74, 6) is -1.48. The lowest BCUT2D eigenvalue weighted by molar-refractivity contribution is -0.193. The number of benzene rings is 2. The number of alkyl halides is 3. The molecule has 10 heteroatoms. The quantitative estimate of drug-likeness (QED) is 0.160. The second-order valence-corrected chi connectivity index (χ2v) is 11.6. The van der Waals surface area contributed by atoms with Gasteiger partial charge in [0.2, 0.25) is 0 Å². The van der Waals surface area contributed by atoms with E-state index >= 15 is 0 Å². The van der Waals surface area contributed by atoms with Gasteiger partial charge >= 0.3 is 12.1 Å². The summed E-state index contributed by atoms with van der Waals surface area (Å²) >= 11 is 0. The van der Waals surface area contributed by atoms with Crippen molar-refractivity contribution in [2.24, 2.45) is 10.8 Å². The Morgan fingerprint density at radius 2 is 1.77 bits per heavy atom. The summed E-state index contributed by atoms with van der Waals surface area (Å²) in [5.41, 5.74) is -1.35. The van der Waals surface area contributed by atoms with Crippen LogP contribution in [0.4, 0.5) is 17.6 Å². The molecule has 0 spiro atoms. The number of aryl methyl sites for hydroxylation is 1. The first-order valence-electron chi connectivity index (χ1n) is 13.7. The number of aliphatic carboxylic acids is 1. The van der Waals surface area contributed by atoms with E-state index in [4.69, 9.17) is 4.74 Å². The molecule has 0 atom stereocenters. The van der Waals surface area contributed by atoms with Crippen molar-refractivity contribution in [3.8, 4) is 5.75 Å². The van der Waals surface area contributed by atoms with Crippen molar-refractivity contribution >= 4 is 17.0 Å². The van der Waals surface area contributed by atoms with Gasteiger partial charge in [-0.1, -0.05) is 54.6 Å². The topological polar surface area (TPSA) is 77.2 Å². The number of nitrogens with zero attached hydrogens (tertiary/aromatic N) is 3. The van der Waals surface area contributed by atoms with Crippen molar-refractivity contribution in [1.29, 1.82) is 0 Å². The fourth-order valence-electron chi connectivity index (χ4n) is 5.06. The molecule has 4 aromatic rings. The van der Waals surface area contributed by atoms with Crippen LogP contribution in [0, 0.1) is 23.6 Å². The largest absolute Gasteiger partial charge is 0.487 e. The smallest absolute Gasteiger partial charge is 0.402 e. The number of pyridine rings is 1.